The molecule has 0 aromatic heterocycles. The lowest BCUT2D eigenvalue weighted by molar-refractivity contribution is -0.141. The van der Waals surface area contributed by atoms with Crippen LogP contribution in [0.4, 0.5) is 10.5 Å². The quantitative estimate of drug-likeness (QED) is 0.740. The van der Waals surface area contributed by atoms with Gasteiger partial charge in [0.15, 0.2) is 0 Å². The van der Waals surface area contributed by atoms with Crippen molar-refractivity contribution in [1.29, 1.82) is 0 Å². The molecule has 0 heterocycles. The Morgan fingerprint density at radius 2 is 2.15 bits per heavy atom. The fraction of sp³-hybridized carbons (Fsp3) is 0.385. The first kappa shape index (κ1) is 16.3. The molecule has 0 spiro atoms. The van der Waals surface area contributed by atoms with Crippen molar-refractivity contribution in [1.82, 2.24) is 5.32 Å². The molecule has 0 saturated heterocycles. The maximum absolute atomic E-state index is 11.7. The SMILES string of the molecule is CCC(CNC(=O)Nc1ccc(OC)c(Br)c1)C(=O)O. The number of anilines is 1. The molecule has 1 rings (SSSR count). The molecule has 2 amide bonds. The Hall–Kier alpha value is -1.76. The predicted molar refractivity (Wildman–Crippen MR) is 79.1 cm³/mol. The van der Waals surface area contributed by atoms with E-state index < -0.39 is 17.9 Å². The van der Waals surface area contributed by atoms with Crippen molar-refractivity contribution < 1.29 is 19.4 Å². The number of carboxylic acid groups (broad SMARTS) is 1. The first-order chi connectivity index (χ1) is 9.47. The predicted octanol–water partition coefficient (Wildman–Crippen LogP) is 2.69. The van der Waals surface area contributed by atoms with Gasteiger partial charge in [-0.05, 0) is 40.5 Å². The summed E-state index contributed by atoms with van der Waals surface area (Å²) in [5.41, 5.74) is 0.582. The second-order valence-electron chi connectivity index (χ2n) is 4.13. The van der Waals surface area contributed by atoms with Gasteiger partial charge < -0.3 is 20.5 Å². The van der Waals surface area contributed by atoms with Crippen molar-refractivity contribution in [2.75, 3.05) is 19.0 Å². The zero-order chi connectivity index (χ0) is 15.1. The summed E-state index contributed by atoms with van der Waals surface area (Å²) >= 11 is 3.32. The van der Waals surface area contributed by atoms with Crippen LogP contribution in [0, 0.1) is 5.92 Å². The number of nitrogens with one attached hydrogen (secondary N) is 2. The summed E-state index contributed by atoms with van der Waals surface area (Å²) in [6.07, 6.45) is 0.462. The number of hydrogen-bond donors (Lipinski definition) is 3. The lowest BCUT2D eigenvalue weighted by atomic mass is 10.1. The molecule has 0 aliphatic carbocycles. The van der Waals surface area contributed by atoms with Gasteiger partial charge in [0.2, 0.25) is 0 Å². The number of methoxy groups -OCH3 is 1. The highest BCUT2D eigenvalue weighted by molar-refractivity contribution is 9.10. The zero-order valence-corrected chi connectivity index (χ0v) is 12.9. The van der Waals surface area contributed by atoms with Gasteiger partial charge in [-0.2, -0.15) is 0 Å². The van der Waals surface area contributed by atoms with E-state index in [4.69, 9.17) is 9.84 Å². The van der Waals surface area contributed by atoms with E-state index in [9.17, 15) is 9.59 Å². The molecule has 0 fully saturated rings. The fourth-order valence-electron chi connectivity index (χ4n) is 1.54. The summed E-state index contributed by atoms with van der Waals surface area (Å²) in [4.78, 5) is 22.5. The van der Waals surface area contributed by atoms with E-state index in [0.717, 1.165) is 4.47 Å². The Labute approximate surface area is 125 Å². The van der Waals surface area contributed by atoms with Crippen LogP contribution in [0.2, 0.25) is 0 Å². The number of carbonyl (C=O) groups excluding carboxylic acids is 1. The maximum Gasteiger partial charge on any atom is 0.319 e. The molecule has 0 saturated carbocycles. The van der Waals surface area contributed by atoms with E-state index in [1.807, 2.05) is 0 Å². The standard InChI is InChI=1S/C13H17BrN2O4/c1-3-8(12(17)18)7-15-13(19)16-9-4-5-11(20-2)10(14)6-9/h4-6,8H,3,7H2,1-2H3,(H,17,18)(H2,15,16,19). The minimum Gasteiger partial charge on any atom is -0.496 e. The van der Waals surface area contributed by atoms with Crippen LogP contribution in [-0.2, 0) is 4.79 Å². The van der Waals surface area contributed by atoms with Crippen LogP contribution in [0.3, 0.4) is 0 Å². The van der Waals surface area contributed by atoms with Crippen molar-refractivity contribution in [3.63, 3.8) is 0 Å². The Kier molecular flexibility index (Phi) is 6.30. The number of rotatable bonds is 6. The highest BCUT2D eigenvalue weighted by Gasteiger charge is 2.15. The second kappa shape index (κ2) is 7.74. The van der Waals surface area contributed by atoms with Crippen LogP contribution < -0.4 is 15.4 Å². The van der Waals surface area contributed by atoms with Gasteiger partial charge in [-0.1, -0.05) is 6.92 Å². The molecular formula is C13H17BrN2O4. The number of amides is 2. The van der Waals surface area contributed by atoms with Crippen molar-refractivity contribution in [3.05, 3.63) is 22.7 Å². The summed E-state index contributed by atoms with van der Waals surface area (Å²) in [7, 11) is 1.55. The van der Waals surface area contributed by atoms with Gasteiger partial charge >= 0.3 is 12.0 Å². The minimum atomic E-state index is -0.917. The highest BCUT2D eigenvalue weighted by Crippen LogP contribution is 2.27. The summed E-state index contributed by atoms with van der Waals surface area (Å²) in [5, 5.41) is 14.0. The molecule has 6 nitrogen and oxygen atoms in total. The van der Waals surface area contributed by atoms with Crippen LogP contribution in [0.1, 0.15) is 13.3 Å². The second-order valence-corrected chi connectivity index (χ2v) is 4.98. The molecule has 0 aliphatic heterocycles. The number of benzene rings is 1. The third-order valence-electron chi connectivity index (χ3n) is 2.76. The smallest absolute Gasteiger partial charge is 0.319 e. The Morgan fingerprint density at radius 1 is 1.45 bits per heavy atom. The first-order valence-corrected chi connectivity index (χ1v) is 6.88. The number of carbonyl (C=O) groups is 2. The molecule has 1 atom stereocenters. The molecule has 1 aromatic rings. The number of halogens is 1. The van der Waals surface area contributed by atoms with Gasteiger partial charge in [-0.15, -0.1) is 0 Å². The van der Waals surface area contributed by atoms with Crippen LogP contribution >= 0.6 is 15.9 Å². The molecule has 1 unspecified atom stereocenters. The Bertz CT molecular complexity index is 493. The molecule has 7 heteroatoms. The van der Waals surface area contributed by atoms with Gasteiger partial charge in [0.1, 0.15) is 5.75 Å². The van der Waals surface area contributed by atoms with E-state index in [1.165, 1.54) is 0 Å². The number of ether oxygens (including phenoxy) is 1. The van der Waals surface area contributed by atoms with Crippen LogP contribution in [-0.4, -0.2) is 30.8 Å². The van der Waals surface area contributed by atoms with Crippen molar-refractivity contribution in [3.8, 4) is 5.75 Å². The van der Waals surface area contributed by atoms with Gasteiger partial charge in [-0.25, -0.2) is 4.79 Å². The topological polar surface area (TPSA) is 87.7 Å². The minimum absolute atomic E-state index is 0.0923. The summed E-state index contributed by atoms with van der Waals surface area (Å²) in [6.45, 7) is 1.86. The van der Waals surface area contributed by atoms with E-state index in [1.54, 1.807) is 32.2 Å². The average molecular weight is 345 g/mol. The van der Waals surface area contributed by atoms with Crippen molar-refractivity contribution in [2.24, 2.45) is 5.92 Å². The highest BCUT2D eigenvalue weighted by atomic mass is 79.9. The third-order valence-corrected chi connectivity index (χ3v) is 3.38. The van der Waals surface area contributed by atoms with Gasteiger partial charge in [0.05, 0.1) is 17.5 Å². The van der Waals surface area contributed by atoms with Crippen LogP contribution in [0.5, 0.6) is 5.75 Å². The zero-order valence-electron chi connectivity index (χ0n) is 11.3. The summed E-state index contributed by atoms with van der Waals surface area (Å²) in [6, 6.07) is 4.66. The number of aliphatic carboxylic acids is 1. The fourth-order valence-corrected chi connectivity index (χ4v) is 2.08. The molecular weight excluding hydrogens is 328 g/mol. The number of urea groups is 1. The maximum atomic E-state index is 11.7. The monoisotopic (exact) mass is 344 g/mol. The Morgan fingerprint density at radius 3 is 2.65 bits per heavy atom. The van der Waals surface area contributed by atoms with E-state index in [-0.39, 0.29) is 6.54 Å². The average Bonchev–Trinajstić information content (AvgIpc) is 2.39. The van der Waals surface area contributed by atoms with Gasteiger partial charge in [0, 0.05) is 12.2 Å². The van der Waals surface area contributed by atoms with Crippen molar-refractivity contribution in [2.45, 2.75) is 13.3 Å². The van der Waals surface area contributed by atoms with Crippen LogP contribution in [0.25, 0.3) is 0 Å². The third kappa shape index (κ3) is 4.73. The normalized spacial score (nSPS) is 11.6. The molecule has 1 aromatic carbocycles. The van der Waals surface area contributed by atoms with Crippen LogP contribution in [0.15, 0.2) is 22.7 Å². The summed E-state index contributed by atoms with van der Waals surface area (Å²) < 4.78 is 5.80. The lowest BCUT2D eigenvalue weighted by Crippen LogP contribution is -2.35. The number of hydrogen-bond acceptors (Lipinski definition) is 3. The molecule has 0 bridgehead atoms. The molecule has 0 aliphatic rings. The molecule has 20 heavy (non-hydrogen) atoms. The van der Waals surface area contributed by atoms with Gasteiger partial charge in [0.25, 0.3) is 0 Å². The van der Waals surface area contributed by atoms with E-state index in [2.05, 4.69) is 26.6 Å². The number of carboxylic acids is 1. The van der Waals surface area contributed by atoms with E-state index in [0.29, 0.717) is 17.9 Å². The van der Waals surface area contributed by atoms with Crippen molar-refractivity contribution >= 4 is 33.6 Å². The molecule has 110 valence electrons. The van der Waals surface area contributed by atoms with E-state index >= 15 is 0 Å². The summed E-state index contributed by atoms with van der Waals surface area (Å²) in [5.74, 6) is -0.837. The first-order valence-electron chi connectivity index (χ1n) is 6.09. The molecule has 0 radical (unpaired) electrons. The Balaban J connectivity index is 2.54. The lowest BCUT2D eigenvalue weighted by Gasteiger charge is -2.12. The van der Waals surface area contributed by atoms with Gasteiger partial charge in [-0.3, -0.25) is 4.79 Å². The largest absolute Gasteiger partial charge is 0.496 e. The molecule has 3 N–H and O–H groups in total.